The minimum Gasteiger partial charge on any atom is -0.481 e. The smallest absolute Gasteiger partial charge is 0.308 e. The molecule has 0 radical (unpaired) electrons. The van der Waals surface area contributed by atoms with Gasteiger partial charge in [0.25, 0.3) is 5.91 Å². The van der Waals surface area contributed by atoms with Crippen LogP contribution in [0.4, 0.5) is 0 Å². The maximum atomic E-state index is 12.1. The van der Waals surface area contributed by atoms with Crippen molar-refractivity contribution in [3.63, 3.8) is 0 Å². The third-order valence-corrected chi connectivity index (χ3v) is 5.15. The summed E-state index contributed by atoms with van der Waals surface area (Å²) in [6.45, 7) is -0.0437. The number of aliphatic carboxylic acids is 1. The van der Waals surface area contributed by atoms with Crippen molar-refractivity contribution in [2.75, 3.05) is 19.6 Å². The number of nitrogens with one attached hydrogen (secondary N) is 2. The molecular weight excluding hydrogens is 340 g/mol. The first kappa shape index (κ1) is 17.9. The highest BCUT2D eigenvalue weighted by Gasteiger charge is 2.28. The molecule has 1 aliphatic heterocycles. The van der Waals surface area contributed by atoms with E-state index in [2.05, 4.69) is 9.71 Å². The van der Waals surface area contributed by atoms with Gasteiger partial charge in [-0.15, -0.1) is 0 Å². The summed E-state index contributed by atoms with van der Waals surface area (Å²) in [5.41, 5.74) is 4.97. The van der Waals surface area contributed by atoms with Crippen LogP contribution in [0.3, 0.4) is 0 Å². The molecule has 0 aromatic carbocycles. The Bertz CT molecular complexity index is 756. The van der Waals surface area contributed by atoms with Crippen LogP contribution < -0.4 is 10.5 Å². The molecule has 1 aromatic rings. The molecule has 0 aliphatic carbocycles. The Morgan fingerprint density at radius 3 is 2.71 bits per heavy atom. The second kappa shape index (κ2) is 7.01. The zero-order valence-electron chi connectivity index (χ0n) is 12.7. The van der Waals surface area contributed by atoms with E-state index in [4.69, 9.17) is 10.8 Å². The standard InChI is InChI=1S/C13H18N4O6S/c14-12(19)10-4-9(5-15-10)24(22,23)16-6-11(18)17-3-1-2-8(7-17)13(20)21/h4-5,8,15-16H,1-3,6-7H2,(H2,14,19)(H,20,21). The summed E-state index contributed by atoms with van der Waals surface area (Å²) in [4.78, 5) is 37.6. The van der Waals surface area contributed by atoms with Gasteiger partial charge in [0.2, 0.25) is 15.9 Å². The number of carboxylic acids is 1. The largest absolute Gasteiger partial charge is 0.481 e. The summed E-state index contributed by atoms with van der Waals surface area (Å²) in [6, 6.07) is 1.07. The highest BCUT2D eigenvalue weighted by molar-refractivity contribution is 7.89. The summed E-state index contributed by atoms with van der Waals surface area (Å²) in [6.07, 6.45) is 2.13. The van der Waals surface area contributed by atoms with Gasteiger partial charge in [0, 0.05) is 19.3 Å². The number of carbonyl (C=O) groups is 3. The maximum absolute atomic E-state index is 12.1. The molecule has 5 N–H and O–H groups in total. The van der Waals surface area contributed by atoms with Crippen LogP contribution in [-0.2, 0) is 19.6 Å². The Balaban J connectivity index is 1.97. The third kappa shape index (κ3) is 4.11. The van der Waals surface area contributed by atoms with E-state index in [1.165, 1.54) is 4.90 Å². The molecule has 0 saturated carbocycles. The van der Waals surface area contributed by atoms with Crippen LogP contribution in [0.2, 0.25) is 0 Å². The number of nitrogens with zero attached hydrogens (tertiary/aromatic N) is 1. The number of carbonyl (C=O) groups excluding carboxylic acids is 2. The van der Waals surface area contributed by atoms with Gasteiger partial charge < -0.3 is 20.7 Å². The summed E-state index contributed by atoms with van der Waals surface area (Å²) in [7, 11) is -3.99. The Kier molecular flexibility index (Phi) is 5.24. The first-order valence-electron chi connectivity index (χ1n) is 7.19. The van der Waals surface area contributed by atoms with E-state index in [0.29, 0.717) is 19.4 Å². The van der Waals surface area contributed by atoms with Gasteiger partial charge in [-0.05, 0) is 18.9 Å². The predicted molar refractivity (Wildman–Crippen MR) is 81.4 cm³/mol. The van der Waals surface area contributed by atoms with Crippen LogP contribution in [0, 0.1) is 5.92 Å². The molecule has 11 heteroatoms. The number of aromatic nitrogens is 1. The van der Waals surface area contributed by atoms with E-state index >= 15 is 0 Å². The molecular formula is C13H18N4O6S. The number of sulfonamides is 1. The van der Waals surface area contributed by atoms with E-state index in [9.17, 15) is 22.8 Å². The first-order valence-corrected chi connectivity index (χ1v) is 8.67. The lowest BCUT2D eigenvalue weighted by molar-refractivity contribution is -0.145. The number of likely N-dealkylation sites (tertiary alicyclic amines) is 1. The fraction of sp³-hybridized carbons (Fsp3) is 0.462. The summed E-state index contributed by atoms with van der Waals surface area (Å²) in [5.74, 6) is -2.92. The second-order valence-electron chi connectivity index (χ2n) is 5.46. The predicted octanol–water partition coefficient (Wildman–Crippen LogP) is -1.28. The fourth-order valence-corrected chi connectivity index (χ4v) is 3.40. The van der Waals surface area contributed by atoms with Gasteiger partial charge in [0.05, 0.1) is 12.5 Å². The monoisotopic (exact) mass is 358 g/mol. The summed E-state index contributed by atoms with van der Waals surface area (Å²) in [5, 5.41) is 9.00. The quantitative estimate of drug-likeness (QED) is 0.494. The molecule has 132 valence electrons. The van der Waals surface area contributed by atoms with Gasteiger partial charge in [-0.3, -0.25) is 14.4 Å². The molecule has 0 bridgehead atoms. The van der Waals surface area contributed by atoms with E-state index in [1.807, 2.05) is 0 Å². The SMILES string of the molecule is NC(=O)c1cc(S(=O)(=O)NCC(=O)N2CCCC(C(=O)O)C2)c[nH]1. The van der Waals surface area contributed by atoms with Crippen LogP contribution in [-0.4, -0.2) is 60.8 Å². The maximum Gasteiger partial charge on any atom is 0.308 e. The zero-order chi connectivity index (χ0) is 17.9. The van der Waals surface area contributed by atoms with Crippen LogP contribution in [0.1, 0.15) is 23.3 Å². The number of carboxylic acid groups (broad SMARTS) is 1. The van der Waals surface area contributed by atoms with Crippen molar-refractivity contribution in [2.45, 2.75) is 17.7 Å². The van der Waals surface area contributed by atoms with Crippen molar-refractivity contribution >= 4 is 27.8 Å². The summed E-state index contributed by atoms with van der Waals surface area (Å²) < 4.78 is 26.3. The number of rotatable bonds is 6. The number of hydrogen-bond donors (Lipinski definition) is 4. The molecule has 2 rings (SSSR count). The summed E-state index contributed by atoms with van der Waals surface area (Å²) >= 11 is 0. The van der Waals surface area contributed by atoms with Crippen molar-refractivity contribution in [1.29, 1.82) is 0 Å². The lowest BCUT2D eigenvalue weighted by Gasteiger charge is -2.30. The normalized spacial score (nSPS) is 18.3. The molecule has 2 amide bonds. The molecule has 1 aromatic heterocycles. The lowest BCUT2D eigenvalue weighted by Crippen LogP contribution is -2.46. The van der Waals surface area contributed by atoms with Gasteiger partial charge in [0.1, 0.15) is 10.6 Å². The highest BCUT2D eigenvalue weighted by atomic mass is 32.2. The molecule has 1 fully saturated rings. The van der Waals surface area contributed by atoms with E-state index in [1.54, 1.807) is 0 Å². The van der Waals surface area contributed by atoms with Crippen LogP contribution >= 0.6 is 0 Å². The minimum absolute atomic E-state index is 0.0614. The van der Waals surface area contributed by atoms with Crippen LogP contribution in [0.5, 0.6) is 0 Å². The lowest BCUT2D eigenvalue weighted by atomic mass is 9.98. The van der Waals surface area contributed by atoms with Gasteiger partial charge in [-0.2, -0.15) is 0 Å². The van der Waals surface area contributed by atoms with Crippen molar-refractivity contribution in [3.8, 4) is 0 Å². The van der Waals surface area contributed by atoms with Crippen molar-refractivity contribution < 1.29 is 27.9 Å². The average molecular weight is 358 g/mol. The van der Waals surface area contributed by atoms with Crippen LogP contribution in [0.25, 0.3) is 0 Å². The number of primary amides is 1. The molecule has 1 saturated heterocycles. The van der Waals surface area contributed by atoms with Gasteiger partial charge in [-0.25, -0.2) is 13.1 Å². The molecule has 10 nitrogen and oxygen atoms in total. The van der Waals surface area contributed by atoms with Crippen molar-refractivity contribution in [3.05, 3.63) is 18.0 Å². The number of H-pyrrole nitrogens is 1. The third-order valence-electron chi connectivity index (χ3n) is 3.77. The van der Waals surface area contributed by atoms with Gasteiger partial charge in [-0.1, -0.05) is 0 Å². The number of piperidine rings is 1. The molecule has 1 unspecified atom stereocenters. The van der Waals surface area contributed by atoms with Gasteiger partial charge in [0.15, 0.2) is 0 Å². The highest BCUT2D eigenvalue weighted by Crippen LogP contribution is 2.17. The number of aromatic amines is 1. The Morgan fingerprint density at radius 2 is 2.12 bits per heavy atom. The van der Waals surface area contributed by atoms with Crippen LogP contribution in [0.15, 0.2) is 17.2 Å². The Morgan fingerprint density at radius 1 is 1.42 bits per heavy atom. The second-order valence-corrected chi connectivity index (χ2v) is 7.22. The Labute approximate surface area is 138 Å². The fourth-order valence-electron chi connectivity index (χ4n) is 2.43. The first-order chi connectivity index (χ1) is 11.2. The average Bonchev–Trinajstić information content (AvgIpc) is 3.04. The molecule has 24 heavy (non-hydrogen) atoms. The zero-order valence-corrected chi connectivity index (χ0v) is 13.5. The van der Waals surface area contributed by atoms with Gasteiger partial charge >= 0.3 is 5.97 Å². The van der Waals surface area contributed by atoms with Crippen molar-refractivity contribution in [2.24, 2.45) is 11.7 Å². The topological polar surface area (TPSA) is 163 Å². The minimum atomic E-state index is -3.99. The molecule has 2 heterocycles. The van der Waals surface area contributed by atoms with E-state index in [0.717, 1.165) is 12.3 Å². The molecule has 1 atom stereocenters. The number of hydrogen-bond acceptors (Lipinski definition) is 5. The van der Waals surface area contributed by atoms with E-state index in [-0.39, 0.29) is 17.1 Å². The van der Waals surface area contributed by atoms with Crippen molar-refractivity contribution in [1.82, 2.24) is 14.6 Å². The molecule has 0 spiro atoms. The number of amides is 2. The molecule has 1 aliphatic rings. The number of nitrogens with two attached hydrogens (primary N) is 1. The Hall–Kier alpha value is -2.40. The van der Waals surface area contributed by atoms with E-state index < -0.39 is 40.3 Å².